The van der Waals surface area contributed by atoms with Crippen molar-refractivity contribution in [2.24, 2.45) is 4.99 Å². The molecule has 0 amide bonds. The van der Waals surface area contributed by atoms with Crippen LogP contribution in [0.3, 0.4) is 0 Å². The van der Waals surface area contributed by atoms with Crippen molar-refractivity contribution >= 4 is 5.84 Å². The minimum absolute atomic E-state index is 0.125. The number of aliphatic hydroxyl groups is 1. The van der Waals surface area contributed by atoms with Crippen molar-refractivity contribution in [3.05, 3.63) is 41.5 Å². The first-order valence-electron chi connectivity index (χ1n) is 7.31. The molecular formula is C15H17N5O. The molecule has 0 bridgehead atoms. The van der Waals surface area contributed by atoms with E-state index in [9.17, 15) is 5.11 Å². The van der Waals surface area contributed by atoms with E-state index in [1.165, 1.54) is 12.8 Å². The third kappa shape index (κ3) is 1.94. The van der Waals surface area contributed by atoms with Gasteiger partial charge in [0.25, 0.3) is 0 Å². The predicted octanol–water partition coefficient (Wildman–Crippen LogP) is 1.12. The molecule has 2 aliphatic heterocycles. The number of aliphatic imine (C=N–C) groups is 1. The molecule has 1 N–H and O–H groups in total. The zero-order valence-corrected chi connectivity index (χ0v) is 11.7. The number of rotatable bonds is 1. The predicted molar refractivity (Wildman–Crippen MR) is 78.3 cm³/mol. The number of benzene rings is 1. The second-order valence-electron chi connectivity index (χ2n) is 5.38. The van der Waals surface area contributed by atoms with Crippen LogP contribution in [0.2, 0.25) is 0 Å². The maximum absolute atomic E-state index is 9.51. The quantitative estimate of drug-likeness (QED) is 0.851. The summed E-state index contributed by atoms with van der Waals surface area (Å²) in [5.41, 5.74) is 2.09. The molecule has 1 saturated heterocycles. The molecule has 1 fully saturated rings. The summed E-state index contributed by atoms with van der Waals surface area (Å²) in [6.45, 7) is 2.48. The number of hydrogen-bond donors (Lipinski definition) is 1. The molecule has 0 spiro atoms. The molecule has 6 nitrogen and oxygen atoms in total. The van der Waals surface area contributed by atoms with Gasteiger partial charge in [-0.25, -0.2) is 0 Å². The fourth-order valence-corrected chi connectivity index (χ4v) is 3.12. The van der Waals surface area contributed by atoms with Gasteiger partial charge in [0.15, 0.2) is 11.6 Å². The van der Waals surface area contributed by atoms with Gasteiger partial charge in [-0.3, -0.25) is 9.56 Å². The van der Waals surface area contributed by atoms with Gasteiger partial charge in [0.2, 0.25) is 0 Å². The monoisotopic (exact) mass is 283 g/mol. The van der Waals surface area contributed by atoms with Crippen LogP contribution in [0.15, 0.2) is 29.3 Å². The SMILES string of the molecule is OCc1nnc2n1-c1ccccc1C(N1CCCC1)=NC2. The molecule has 4 rings (SSSR count). The van der Waals surface area contributed by atoms with E-state index in [4.69, 9.17) is 4.99 Å². The Kier molecular flexibility index (Phi) is 2.96. The Hall–Kier alpha value is -2.21. The minimum atomic E-state index is -0.125. The molecule has 21 heavy (non-hydrogen) atoms. The van der Waals surface area contributed by atoms with Gasteiger partial charge in [-0.2, -0.15) is 0 Å². The van der Waals surface area contributed by atoms with E-state index in [0.29, 0.717) is 12.4 Å². The number of hydrogen-bond acceptors (Lipinski definition) is 5. The maximum Gasteiger partial charge on any atom is 0.163 e. The summed E-state index contributed by atoms with van der Waals surface area (Å²) in [4.78, 5) is 7.12. The van der Waals surface area contributed by atoms with Crippen molar-refractivity contribution in [2.75, 3.05) is 13.1 Å². The van der Waals surface area contributed by atoms with Crippen LogP contribution in [-0.4, -0.2) is 43.7 Å². The van der Waals surface area contributed by atoms with Crippen molar-refractivity contribution < 1.29 is 5.11 Å². The average Bonchev–Trinajstić information content (AvgIpc) is 3.15. The normalized spacial score (nSPS) is 17.2. The molecule has 2 aromatic rings. The zero-order chi connectivity index (χ0) is 14.2. The average molecular weight is 283 g/mol. The number of fused-ring (bicyclic) bond motifs is 3. The van der Waals surface area contributed by atoms with E-state index in [0.717, 1.165) is 36.0 Å². The third-order valence-electron chi connectivity index (χ3n) is 4.10. The topological polar surface area (TPSA) is 66.5 Å². The Morgan fingerprint density at radius 3 is 2.71 bits per heavy atom. The Morgan fingerprint density at radius 2 is 1.90 bits per heavy atom. The van der Waals surface area contributed by atoms with Gasteiger partial charge in [0.1, 0.15) is 19.0 Å². The van der Waals surface area contributed by atoms with Crippen LogP contribution in [0.1, 0.15) is 30.1 Å². The summed E-state index contributed by atoms with van der Waals surface area (Å²) in [7, 11) is 0. The van der Waals surface area contributed by atoms with Gasteiger partial charge in [-0.1, -0.05) is 12.1 Å². The van der Waals surface area contributed by atoms with Crippen molar-refractivity contribution in [1.29, 1.82) is 0 Å². The number of nitrogens with zero attached hydrogens (tertiary/aromatic N) is 5. The highest BCUT2D eigenvalue weighted by Crippen LogP contribution is 2.25. The Labute approximate surface area is 122 Å². The molecular weight excluding hydrogens is 266 g/mol. The van der Waals surface area contributed by atoms with Gasteiger partial charge in [-0.05, 0) is 25.0 Å². The first kappa shape index (κ1) is 12.5. The molecule has 0 radical (unpaired) electrons. The van der Waals surface area contributed by atoms with E-state index >= 15 is 0 Å². The molecule has 2 aliphatic rings. The first-order chi connectivity index (χ1) is 10.4. The summed E-state index contributed by atoms with van der Waals surface area (Å²) < 4.78 is 1.93. The zero-order valence-electron chi connectivity index (χ0n) is 11.7. The van der Waals surface area contributed by atoms with Crippen LogP contribution in [0.4, 0.5) is 0 Å². The smallest absolute Gasteiger partial charge is 0.163 e. The highest BCUT2D eigenvalue weighted by atomic mass is 16.3. The van der Waals surface area contributed by atoms with Crippen LogP contribution in [0.25, 0.3) is 5.69 Å². The Bertz CT molecular complexity index is 700. The molecule has 0 atom stereocenters. The standard InChI is InChI=1S/C15H17N5O/c21-10-14-18-17-13-9-16-15(19-7-3-4-8-19)11-5-1-2-6-12(11)20(13)14/h1-2,5-6,21H,3-4,7-10H2. The summed E-state index contributed by atoms with van der Waals surface area (Å²) in [5, 5.41) is 17.7. The lowest BCUT2D eigenvalue weighted by molar-refractivity contribution is 0.268. The molecule has 0 unspecified atom stereocenters. The van der Waals surface area contributed by atoms with Crippen LogP contribution >= 0.6 is 0 Å². The Morgan fingerprint density at radius 1 is 1.10 bits per heavy atom. The number of aliphatic hydroxyl groups excluding tert-OH is 1. The van der Waals surface area contributed by atoms with E-state index < -0.39 is 0 Å². The highest BCUT2D eigenvalue weighted by Gasteiger charge is 2.25. The Balaban J connectivity index is 1.90. The van der Waals surface area contributed by atoms with Crippen molar-refractivity contribution in [1.82, 2.24) is 19.7 Å². The first-order valence-corrected chi connectivity index (χ1v) is 7.31. The molecule has 6 heteroatoms. The second-order valence-corrected chi connectivity index (χ2v) is 5.38. The molecule has 0 saturated carbocycles. The number of amidine groups is 1. The van der Waals surface area contributed by atoms with E-state index in [1.807, 2.05) is 22.8 Å². The van der Waals surface area contributed by atoms with Crippen LogP contribution in [0, 0.1) is 0 Å². The molecule has 1 aromatic carbocycles. The highest BCUT2D eigenvalue weighted by molar-refractivity contribution is 6.02. The lowest BCUT2D eigenvalue weighted by Gasteiger charge is -2.21. The van der Waals surface area contributed by atoms with E-state index in [-0.39, 0.29) is 6.61 Å². The lowest BCUT2D eigenvalue weighted by Crippen LogP contribution is -2.29. The van der Waals surface area contributed by atoms with Crippen LogP contribution in [0.5, 0.6) is 0 Å². The van der Waals surface area contributed by atoms with Gasteiger partial charge in [0.05, 0.1) is 5.69 Å². The summed E-state index contributed by atoms with van der Waals surface area (Å²) >= 11 is 0. The summed E-state index contributed by atoms with van der Waals surface area (Å²) in [6, 6.07) is 8.15. The fourth-order valence-electron chi connectivity index (χ4n) is 3.12. The number of para-hydroxylation sites is 1. The van der Waals surface area contributed by atoms with Crippen LogP contribution < -0.4 is 0 Å². The molecule has 3 heterocycles. The fraction of sp³-hybridized carbons (Fsp3) is 0.400. The minimum Gasteiger partial charge on any atom is -0.388 e. The second kappa shape index (κ2) is 4.96. The van der Waals surface area contributed by atoms with Crippen molar-refractivity contribution in [3.8, 4) is 5.69 Å². The number of likely N-dealkylation sites (tertiary alicyclic amines) is 1. The molecule has 0 aliphatic carbocycles. The van der Waals surface area contributed by atoms with Gasteiger partial charge < -0.3 is 10.0 Å². The van der Waals surface area contributed by atoms with E-state index in [2.05, 4.69) is 21.2 Å². The van der Waals surface area contributed by atoms with Gasteiger partial charge >= 0.3 is 0 Å². The van der Waals surface area contributed by atoms with E-state index in [1.54, 1.807) is 0 Å². The molecule has 1 aromatic heterocycles. The summed E-state index contributed by atoms with van der Waals surface area (Å²) in [5.74, 6) is 2.38. The summed E-state index contributed by atoms with van der Waals surface area (Å²) in [6.07, 6.45) is 2.43. The van der Waals surface area contributed by atoms with Gasteiger partial charge in [0, 0.05) is 18.7 Å². The lowest BCUT2D eigenvalue weighted by atomic mass is 10.1. The van der Waals surface area contributed by atoms with Crippen molar-refractivity contribution in [2.45, 2.75) is 26.0 Å². The number of aromatic nitrogens is 3. The third-order valence-corrected chi connectivity index (χ3v) is 4.10. The van der Waals surface area contributed by atoms with Crippen molar-refractivity contribution in [3.63, 3.8) is 0 Å². The maximum atomic E-state index is 9.51. The largest absolute Gasteiger partial charge is 0.388 e. The van der Waals surface area contributed by atoms with Crippen LogP contribution in [-0.2, 0) is 13.2 Å². The molecule has 108 valence electrons. The van der Waals surface area contributed by atoms with Gasteiger partial charge in [-0.15, -0.1) is 10.2 Å².